The van der Waals surface area contributed by atoms with Crippen LogP contribution in [0.3, 0.4) is 0 Å². The van der Waals surface area contributed by atoms with Crippen molar-refractivity contribution in [3.8, 4) is 11.4 Å². The summed E-state index contributed by atoms with van der Waals surface area (Å²) in [5.41, 5.74) is 2.35. The van der Waals surface area contributed by atoms with Crippen molar-refractivity contribution in [3.05, 3.63) is 106 Å². The number of aromatic amines is 1. The van der Waals surface area contributed by atoms with Gasteiger partial charge in [0.1, 0.15) is 11.6 Å². The molecule has 1 atom stereocenters. The normalized spacial score (nSPS) is 12.2. The molecule has 5 aromatic rings. The second-order valence-electron chi connectivity index (χ2n) is 7.61. The van der Waals surface area contributed by atoms with E-state index in [1.54, 1.807) is 18.2 Å². The predicted molar refractivity (Wildman–Crippen MR) is 128 cm³/mol. The fraction of sp³-hybridized carbons (Fsp3) is 0.120. The highest BCUT2D eigenvalue weighted by Crippen LogP contribution is 2.34. The molecule has 0 unspecified atom stereocenters. The minimum atomic E-state index is -0.303. The zero-order valence-electron chi connectivity index (χ0n) is 17.8. The first-order valence-corrected chi connectivity index (χ1v) is 11.3. The smallest absolute Gasteiger partial charge is 0.258 e. The quantitative estimate of drug-likeness (QED) is 0.354. The monoisotopic (exact) mass is 457 g/mol. The molecule has 0 aliphatic heterocycles. The number of fused-ring (bicyclic) bond motifs is 1. The molecular formula is C25H20FN5OS. The maximum atomic E-state index is 13.5. The summed E-state index contributed by atoms with van der Waals surface area (Å²) in [6, 6.07) is 23.5. The van der Waals surface area contributed by atoms with Crippen LogP contribution in [0.4, 0.5) is 4.39 Å². The van der Waals surface area contributed by atoms with Gasteiger partial charge >= 0.3 is 0 Å². The van der Waals surface area contributed by atoms with Crippen LogP contribution in [-0.2, 0) is 6.54 Å². The van der Waals surface area contributed by atoms with E-state index >= 15 is 0 Å². The Labute approximate surface area is 193 Å². The molecule has 0 aliphatic rings. The van der Waals surface area contributed by atoms with Crippen molar-refractivity contribution < 1.29 is 4.39 Å². The first kappa shape index (κ1) is 21.1. The molecule has 33 heavy (non-hydrogen) atoms. The van der Waals surface area contributed by atoms with Gasteiger partial charge in [-0.1, -0.05) is 54.2 Å². The van der Waals surface area contributed by atoms with Crippen LogP contribution in [0.15, 0.2) is 88.8 Å². The summed E-state index contributed by atoms with van der Waals surface area (Å²) in [7, 11) is 0. The van der Waals surface area contributed by atoms with Crippen LogP contribution in [0.2, 0.25) is 0 Å². The Morgan fingerprint density at radius 1 is 0.970 bits per heavy atom. The maximum absolute atomic E-state index is 13.5. The van der Waals surface area contributed by atoms with Crippen molar-refractivity contribution in [2.24, 2.45) is 0 Å². The standard InChI is InChI=1S/C25H20FN5OS/c1-16(22-27-21-10-6-5-9-20(21)24(32)28-22)33-25-30-29-23(18-11-13-19(26)14-12-18)31(25)15-17-7-3-2-4-8-17/h2-14,16H,15H2,1H3,(H,27,28,32)/t16-/m0/s1. The number of nitrogens with one attached hydrogen (secondary N) is 1. The number of hydrogen-bond donors (Lipinski definition) is 1. The number of para-hydroxylation sites is 1. The molecular weight excluding hydrogens is 437 g/mol. The molecule has 0 aliphatic carbocycles. The van der Waals surface area contributed by atoms with E-state index in [1.165, 1.54) is 23.9 Å². The van der Waals surface area contributed by atoms with Crippen molar-refractivity contribution in [3.63, 3.8) is 0 Å². The lowest BCUT2D eigenvalue weighted by Gasteiger charge is -2.14. The van der Waals surface area contributed by atoms with Crippen LogP contribution >= 0.6 is 11.8 Å². The van der Waals surface area contributed by atoms with Crippen molar-refractivity contribution >= 4 is 22.7 Å². The fourth-order valence-corrected chi connectivity index (χ4v) is 4.51. The summed E-state index contributed by atoms with van der Waals surface area (Å²) < 4.78 is 15.5. The molecule has 0 amide bonds. The lowest BCUT2D eigenvalue weighted by atomic mass is 10.2. The van der Waals surface area contributed by atoms with Crippen molar-refractivity contribution in [2.75, 3.05) is 0 Å². The summed E-state index contributed by atoms with van der Waals surface area (Å²) in [6.45, 7) is 2.52. The topological polar surface area (TPSA) is 76.5 Å². The highest BCUT2D eigenvalue weighted by Gasteiger charge is 2.20. The molecule has 0 fully saturated rings. The van der Waals surface area contributed by atoms with Gasteiger partial charge < -0.3 is 4.98 Å². The van der Waals surface area contributed by atoms with E-state index in [4.69, 9.17) is 0 Å². The molecule has 8 heteroatoms. The van der Waals surface area contributed by atoms with Crippen LogP contribution in [0.25, 0.3) is 22.3 Å². The van der Waals surface area contributed by atoms with Crippen LogP contribution < -0.4 is 5.56 Å². The molecule has 2 aromatic heterocycles. The van der Waals surface area contributed by atoms with E-state index in [2.05, 4.69) is 20.2 Å². The lowest BCUT2D eigenvalue weighted by Crippen LogP contribution is -2.13. The van der Waals surface area contributed by atoms with Crippen LogP contribution in [-0.4, -0.2) is 24.7 Å². The SMILES string of the molecule is C[C@H](Sc1nnc(-c2ccc(F)cc2)n1Cc1ccccc1)c1nc2ccccc2c(=O)[nH]1. The number of thioether (sulfide) groups is 1. The molecule has 2 heterocycles. The van der Waals surface area contributed by atoms with Gasteiger partial charge in [0.15, 0.2) is 11.0 Å². The number of rotatable bonds is 6. The van der Waals surface area contributed by atoms with Crippen LogP contribution in [0.5, 0.6) is 0 Å². The largest absolute Gasteiger partial charge is 0.309 e. The number of nitrogens with zero attached hydrogens (tertiary/aromatic N) is 4. The summed E-state index contributed by atoms with van der Waals surface area (Å²) >= 11 is 1.46. The molecule has 5 rings (SSSR count). The molecule has 1 N–H and O–H groups in total. The van der Waals surface area contributed by atoms with E-state index < -0.39 is 0 Å². The molecule has 0 saturated heterocycles. The molecule has 0 saturated carbocycles. The molecule has 3 aromatic carbocycles. The van der Waals surface area contributed by atoms with Gasteiger partial charge in [-0.05, 0) is 48.9 Å². The molecule has 0 radical (unpaired) electrons. The molecule has 0 bridgehead atoms. The Morgan fingerprint density at radius 2 is 1.70 bits per heavy atom. The number of H-pyrrole nitrogens is 1. The van der Waals surface area contributed by atoms with Gasteiger partial charge in [-0.25, -0.2) is 9.37 Å². The summed E-state index contributed by atoms with van der Waals surface area (Å²) in [5.74, 6) is 0.914. The van der Waals surface area contributed by atoms with Gasteiger partial charge in [0.25, 0.3) is 5.56 Å². The number of aromatic nitrogens is 5. The van der Waals surface area contributed by atoms with Gasteiger partial charge in [0, 0.05) is 5.56 Å². The van der Waals surface area contributed by atoms with E-state index in [0.717, 1.165) is 11.1 Å². The minimum absolute atomic E-state index is 0.166. The van der Waals surface area contributed by atoms with E-state index in [1.807, 2.05) is 60.0 Å². The average Bonchev–Trinajstić information content (AvgIpc) is 3.22. The highest BCUT2D eigenvalue weighted by atomic mass is 32.2. The second kappa shape index (κ2) is 8.99. The van der Waals surface area contributed by atoms with E-state index in [9.17, 15) is 9.18 Å². The zero-order chi connectivity index (χ0) is 22.8. The minimum Gasteiger partial charge on any atom is -0.309 e. The van der Waals surface area contributed by atoms with Gasteiger partial charge in [-0.3, -0.25) is 9.36 Å². The summed E-state index contributed by atoms with van der Waals surface area (Å²) in [5, 5.41) is 9.89. The fourth-order valence-electron chi connectivity index (χ4n) is 3.61. The lowest BCUT2D eigenvalue weighted by molar-refractivity contribution is 0.628. The average molecular weight is 458 g/mol. The summed E-state index contributed by atoms with van der Waals surface area (Å²) in [4.78, 5) is 20.1. The molecule has 6 nitrogen and oxygen atoms in total. The van der Waals surface area contributed by atoms with Crippen molar-refractivity contribution in [2.45, 2.75) is 23.9 Å². The molecule has 164 valence electrons. The number of benzene rings is 3. The van der Waals surface area contributed by atoms with E-state index in [0.29, 0.717) is 34.3 Å². The Morgan fingerprint density at radius 3 is 2.48 bits per heavy atom. The third-order valence-corrected chi connectivity index (χ3v) is 6.39. The third kappa shape index (κ3) is 4.42. The van der Waals surface area contributed by atoms with Gasteiger partial charge in [0.2, 0.25) is 0 Å². The van der Waals surface area contributed by atoms with Crippen LogP contribution in [0.1, 0.15) is 23.6 Å². The maximum Gasteiger partial charge on any atom is 0.258 e. The van der Waals surface area contributed by atoms with Crippen molar-refractivity contribution in [1.82, 2.24) is 24.7 Å². The Balaban J connectivity index is 1.52. The van der Waals surface area contributed by atoms with Crippen LogP contribution in [0, 0.1) is 5.82 Å². The second-order valence-corrected chi connectivity index (χ2v) is 8.92. The first-order chi connectivity index (χ1) is 16.1. The number of hydrogen-bond acceptors (Lipinski definition) is 5. The Kier molecular flexibility index (Phi) is 5.75. The Bertz CT molecular complexity index is 1460. The Hall–Kier alpha value is -3.78. The number of halogens is 1. The summed E-state index contributed by atoms with van der Waals surface area (Å²) in [6.07, 6.45) is 0. The highest BCUT2D eigenvalue weighted by molar-refractivity contribution is 7.99. The van der Waals surface area contributed by atoms with Gasteiger partial charge in [0.05, 0.1) is 22.7 Å². The predicted octanol–water partition coefficient (Wildman–Crippen LogP) is 5.22. The van der Waals surface area contributed by atoms with Gasteiger partial charge in [-0.2, -0.15) is 0 Å². The first-order valence-electron chi connectivity index (χ1n) is 10.5. The zero-order valence-corrected chi connectivity index (χ0v) is 18.6. The van der Waals surface area contributed by atoms with E-state index in [-0.39, 0.29) is 16.6 Å². The van der Waals surface area contributed by atoms with Crippen molar-refractivity contribution in [1.29, 1.82) is 0 Å². The van der Waals surface area contributed by atoms with Gasteiger partial charge in [-0.15, -0.1) is 10.2 Å². The molecule has 0 spiro atoms. The third-order valence-electron chi connectivity index (χ3n) is 5.30.